The second-order valence-electron chi connectivity index (χ2n) is 13.0. The van der Waals surface area contributed by atoms with Crippen LogP contribution >= 0.6 is 37.9 Å². The van der Waals surface area contributed by atoms with Gasteiger partial charge in [0.25, 0.3) is 0 Å². The molecule has 0 aromatic carbocycles. The molecule has 0 unspecified atom stereocenters. The molecular weight excluding hydrogens is 619 g/mol. The van der Waals surface area contributed by atoms with Crippen LogP contribution < -0.4 is 17.1 Å². The SMILES string of the molecule is O=c1n(CCCCCCCCCCCS)c(=O)n(CCCCCCCCCCCS)c(=O)n1CCCCCCCCCCCS. The zero-order valence-corrected chi connectivity index (χ0v) is 31.4. The van der Waals surface area contributed by atoms with Crippen LogP contribution in [0.3, 0.4) is 0 Å². The first-order valence-electron chi connectivity index (χ1n) is 18.9. The highest BCUT2D eigenvalue weighted by Crippen LogP contribution is 2.12. The first-order chi connectivity index (χ1) is 22.1. The van der Waals surface area contributed by atoms with Gasteiger partial charge >= 0.3 is 17.1 Å². The van der Waals surface area contributed by atoms with Crippen molar-refractivity contribution in [3.8, 4) is 0 Å². The smallest absolute Gasteiger partial charge is 0.247 e. The largest absolute Gasteiger partial charge is 0.336 e. The highest BCUT2D eigenvalue weighted by atomic mass is 32.1. The number of aromatic nitrogens is 3. The Morgan fingerprint density at radius 2 is 0.422 bits per heavy atom. The van der Waals surface area contributed by atoms with Gasteiger partial charge in [-0.2, -0.15) is 37.9 Å². The molecule has 264 valence electrons. The van der Waals surface area contributed by atoms with Gasteiger partial charge in [0.2, 0.25) is 0 Å². The van der Waals surface area contributed by atoms with Crippen LogP contribution in [-0.2, 0) is 19.6 Å². The summed E-state index contributed by atoms with van der Waals surface area (Å²) in [6.45, 7) is 1.21. The van der Waals surface area contributed by atoms with Crippen molar-refractivity contribution < 1.29 is 0 Å². The number of rotatable bonds is 33. The maximum atomic E-state index is 13.4. The van der Waals surface area contributed by atoms with Crippen LogP contribution in [0.25, 0.3) is 0 Å². The summed E-state index contributed by atoms with van der Waals surface area (Å²) in [7, 11) is 0. The van der Waals surface area contributed by atoms with Crippen molar-refractivity contribution in [2.45, 2.75) is 193 Å². The fourth-order valence-electron chi connectivity index (χ4n) is 6.11. The lowest BCUT2D eigenvalue weighted by atomic mass is 10.1. The second kappa shape index (κ2) is 30.8. The molecule has 0 fully saturated rings. The van der Waals surface area contributed by atoms with Crippen LogP contribution in [-0.4, -0.2) is 31.0 Å². The van der Waals surface area contributed by atoms with Crippen molar-refractivity contribution in [1.82, 2.24) is 13.7 Å². The number of hydrogen-bond acceptors (Lipinski definition) is 6. The number of thiol groups is 3. The Morgan fingerprint density at radius 3 is 0.600 bits per heavy atom. The topological polar surface area (TPSA) is 66.0 Å². The predicted molar refractivity (Wildman–Crippen MR) is 205 cm³/mol. The highest BCUT2D eigenvalue weighted by Gasteiger charge is 2.15. The lowest BCUT2D eigenvalue weighted by Crippen LogP contribution is -2.54. The molecule has 0 saturated carbocycles. The maximum absolute atomic E-state index is 13.4. The molecule has 0 amide bonds. The Morgan fingerprint density at radius 1 is 0.267 bits per heavy atom. The Balaban J connectivity index is 2.65. The van der Waals surface area contributed by atoms with E-state index in [9.17, 15) is 14.4 Å². The second-order valence-corrected chi connectivity index (χ2v) is 14.4. The molecule has 0 bridgehead atoms. The molecule has 0 atom stereocenters. The van der Waals surface area contributed by atoms with Crippen molar-refractivity contribution in [3.63, 3.8) is 0 Å². The van der Waals surface area contributed by atoms with Gasteiger partial charge in [0.15, 0.2) is 0 Å². The van der Waals surface area contributed by atoms with Crippen molar-refractivity contribution in [2.75, 3.05) is 17.3 Å². The van der Waals surface area contributed by atoms with Gasteiger partial charge in [-0.1, -0.05) is 135 Å². The molecule has 1 aromatic heterocycles. The van der Waals surface area contributed by atoms with Gasteiger partial charge in [0, 0.05) is 19.6 Å². The van der Waals surface area contributed by atoms with Crippen molar-refractivity contribution >= 4 is 37.9 Å². The molecule has 0 spiro atoms. The number of hydrogen-bond donors (Lipinski definition) is 3. The fraction of sp³-hybridized carbons (Fsp3) is 0.917. The minimum absolute atomic E-state index is 0.403. The first-order valence-corrected chi connectivity index (χ1v) is 20.7. The van der Waals surface area contributed by atoms with E-state index in [2.05, 4.69) is 37.9 Å². The molecule has 1 aromatic rings. The van der Waals surface area contributed by atoms with Gasteiger partial charge in [0.05, 0.1) is 0 Å². The first kappa shape index (κ1) is 42.5. The lowest BCUT2D eigenvalue weighted by molar-refractivity contribution is 0.410. The van der Waals surface area contributed by atoms with Crippen LogP contribution in [0.4, 0.5) is 0 Å². The molecule has 0 saturated heterocycles. The third-order valence-electron chi connectivity index (χ3n) is 9.00. The Labute approximate surface area is 292 Å². The minimum atomic E-state index is -0.410. The van der Waals surface area contributed by atoms with E-state index in [4.69, 9.17) is 0 Å². The van der Waals surface area contributed by atoms with E-state index in [0.29, 0.717) is 19.6 Å². The molecule has 0 aliphatic heterocycles. The van der Waals surface area contributed by atoms with Gasteiger partial charge < -0.3 is 0 Å². The molecule has 0 aliphatic carbocycles. The van der Waals surface area contributed by atoms with Gasteiger partial charge in [-0.25, -0.2) is 28.1 Å². The molecular formula is C36H69N3O3S3. The quantitative estimate of drug-likeness (QED) is 0.0510. The standard InChI is InChI=1S/C36H69N3O3S3/c40-34-37(28-22-16-10-4-1-7-13-19-25-31-43)35(41)39(30-24-18-12-6-3-9-15-21-27-33-45)36(42)38(34)29-23-17-11-5-2-8-14-20-26-32-44/h43-45H,1-33H2. The Hall–Kier alpha value is -0.540. The molecule has 6 nitrogen and oxygen atoms in total. The van der Waals surface area contributed by atoms with E-state index in [1.165, 1.54) is 129 Å². The third-order valence-corrected chi connectivity index (χ3v) is 9.95. The van der Waals surface area contributed by atoms with Crippen LogP contribution in [0.5, 0.6) is 0 Å². The Bertz CT molecular complexity index is 838. The van der Waals surface area contributed by atoms with E-state index < -0.39 is 17.1 Å². The Kier molecular flexibility index (Phi) is 29.1. The number of unbranched alkanes of at least 4 members (excludes halogenated alkanes) is 24. The lowest BCUT2D eigenvalue weighted by Gasteiger charge is -2.14. The minimum Gasteiger partial charge on any atom is -0.247 e. The summed E-state index contributed by atoms with van der Waals surface area (Å²) in [5, 5.41) is 0. The summed E-state index contributed by atoms with van der Waals surface area (Å²) in [6.07, 6.45) is 31.2. The predicted octanol–water partition coefficient (Wildman–Crippen LogP) is 9.49. The average Bonchev–Trinajstić information content (AvgIpc) is 3.04. The summed E-state index contributed by atoms with van der Waals surface area (Å²) in [4.78, 5) is 40.2. The average molecular weight is 688 g/mol. The van der Waals surface area contributed by atoms with Crippen LogP contribution in [0.15, 0.2) is 14.4 Å². The van der Waals surface area contributed by atoms with E-state index >= 15 is 0 Å². The molecule has 1 heterocycles. The molecule has 45 heavy (non-hydrogen) atoms. The van der Waals surface area contributed by atoms with E-state index in [1.54, 1.807) is 0 Å². The summed E-state index contributed by atoms with van der Waals surface area (Å²) < 4.78 is 4.07. The molecule has 0 aliphatic rings. The third kappa shape index (κ3) is 21.1. The zero-order chi connectivity index (χ0) is 32.8. The van der Waals surface area contributed by atoms with Gasteiger partial charge in [-0.05, 0) is 55.8 Å². The summed E-state index contributed by atoms with van der Waals surface area (Å²) >= 11 is 12.8. The molecule has 1 rings (SSSR count). The van der Waals surface area contributed by atoms with E-state index in [-0.39, 0.29) is 0 Å². The van der Waals surface area contributed by atoms with Crippen molar-refractivity contribution in [1.29, 1.82) is 0 Å². The summed E-state index contributed by atoms with van der Waals surface area (Å²) in [5.41, 5.74) is -1.23. The van der Waals surface area contributed by atoms with Gasteiger partial charge in [0.1, 0.15) is 0 Å². The van der Waals surface area contributed by atoms with Crippen LogP contribution in [0.2, 0.25) is 0 Å². The van der Waals surface area contributed by atoms with Crippen molar-refractivity contribution in [2.24, 2.45) is 0 Å². The van der Waals surface area contributed by atoms with E-state index in [0.717, 1.165) is 75.0 Å². The highest BCUT2D eigenvalue weighted by molar-refractivity contribution is 7.80. The van der Waals surface area contributed by atoms with E-state index in [1.807, 2.05) is 0 Å². The monoisotopic (exact) mass is 687 g/mol. The van der Waals surface area contributed by atoms with Gasteiger partial charge in [-0.3, -0.25) is 0 Å². The number of nitrogens with zero attached hydrogens (tertiary/aromatic N) is 3. The molecule has 9 heteroatoms. The molecule has 0 radical (unpaired) electrons. The van der Waals surface area contributed by atoms with Crippen molar-refractivity contribution in [3.05, 3.63) is 31.5 Å². The zero-order valence-electron chi connectivity index (χ0n) is 28.7. The summed E-state index contributed by atoms with van der Waals surface area (Å²) in [5.74, 6) is 2.93. The normalized spacial score (nSPS) is 11.5. The van der Waals surface area contributed by atoms with Crippen LogP contribution in [0.1, 0.15) is 173 Å². The fourth-order valence-corrected chi connectivity index (χ4v) is 6.78. The van der Waals surface area contributed by atoms with Gasteiger partial charge in [-0.15, -0.1) is 0 Å². The molecule has 0 N–H and O–H groups in total. The summed E-state index contributed by atoms with van der Waals surface area (Å²) in [6, 6.07) is 0. The van der Waals surface area contributed by atoms with Crippen LogP contribution in [0, 0.1) is 0 Å². The maximum Gasteiger partial charge on any atom is 0.336 e.